The van der Waals surface area contributed by atoms with E-state index in [0.29, 0.717) is 17.4 Å². The molecule has 0 bridgehead atoms. The maximum atomic E-state index is 13.2. The minimum atomic E-state index is -0.271. The van der Waals surface area contributed by atoms with Crippen molar-refractivity contribution < 1.29 is 9.50 Å². The van der Waals surface area contributed by atoms with Crippen molar-refractivity contribution in [2.24, 2.45) is 11.8 Å². The van der Waals surface area contributed by atoms with Gasteiger partial charge in [0.1, 0.15) is 5.82 Å². The average Bonchev–Trinajstić information content (AvgIpc) is 2.36. The van der Waals surface area contributed by atoms with Crippen LogP contribution >= 0.6 is 11.6 Å². The number of hydrogen-bond donors (Lipinski definition) is 1. The van der Waals surface area contributed by atoms with E-state index in [-0.39, 0.29) is 17.8 Å². The number of rotatable bonds is 3. The molecule has 100 valence electrons. The number of benzene rings is 1. The maximum absolute atomic E-state index is 13.2. The first-order chi connectivity index (χ1) is 8.60. The summed E-state index contributed by atoms with van der Waals surface area (Å²) in [6.45, 7) is 2.19. The Morgan fingerprint density at radius 2 is 2.17 bits per heavy atom. The summed E-state index contributed by atoms with van der Waals surface area (Å²) >= 11 is 6.09. The Morgan fingerprint density at radius 3 is 2.89 bits per heavy atom. The molecule has 0 aliphatic heterocycles. The van der Waals surface area contributed by atoms with Crippen LogP contribution in [0.3, 0.4) is 0 Å². The molecule has 1 saturated carbocycles. The molecule has 3 atom stereocenters. The molecule has 2 rings (SSSR count). The van der Waals surface area contributed by atoms with Gasteiger partial charge in [-0.2, -0.15) is 0 Å². The van der Waals surface area contributed by atoms with E-state index in [1.54, 1.807) is 6.07 Å². The highest BCUT2D eigenvalue weighted by Crippen LogP contribution is 2.34. The molecular formula is C15H20ClFO. The van der Waals surface area contributed by atoms with Crippen LogP contribution < -0.4 is 0 Å². The van der Waals surface area contributed by atoms with E-state index < -0.39 is 0 Å². The van der Waals surface area contributed by atoms with Crippen LogP contribution in [0.1, 0.15) is 38.2 Å². The van der Waals surface area contributed by atoms with Gasteiger partial charge in [-0.05, 0) is 61.3 Å². The predicted molar refractivity (Wildman–Crippen MR) is 72.2 cm³/mol. The molecule has 3 unspecified atom stereocenters. The molecule has 0 aromatic heterocycles. The second-order valence-corrected chi connectivity index (χ2v) is 5.76. The minimum Gasteiger partial charge on any atom is -0.393 e. The van der Waals surface area contributed by atoms with Crippen molar-refractivity contribution in [3.05, 3.63) is 34.6 Å². The van der Waals surface area contributed by atoms with Crippen molar-refractivity contribution in [3.8, 4) is 0 Å². The summed E-state index contributed by atoms with van der Waals surface area (Å²) in [5, 5.41) is 10.7. The molecule has 1 aliphatic carbocycles. The number of halogens is 2. The third-order valence-corrected chi connectivity index (χ3v) is 4.49. The topological polar surface area (TPSA) is 20.2 Å². The Hall–Kier alpha value is -0.600. The largest absolute Gasteiger partial charge is 0.393 e. The molecule has 0 radical (unpaired) electrons. The number of hydrogen-bond acceptors (Lipinski definition) is 1. The van der Waals surface area contributed by atoms with Crippen molar-refractivity contribution in [1.29, 1.82) is 0 Å². The van der Waals surface area contributed by atoms with E-state index in [9.17, 15) is 9.50 Å². The summed E-state index contributed by atoms with van der Waals surface area (Å²) in [4.78, 5) is 0. The van der Waals surface area contributed by atoms with Crippen LogP contribution in [-0.2, 0) is 6.42 Å². The van der Waals surface area contributed by atoms with Gasteiger partial charge in [0.25, 0.3) is 0 Å². The molecule has 1 nitrogen and oxygen atoms in total. The van der Waals surface area contributed by atoms with Gasteiger partial charge in [-0.3, -0.25) is 0 Å². The smallest absolute Gasteiger partial charge is 0.123 e. The first-order valence-corrected chi connectivity index (χ1v) is 7.10. The fourth-order valence-corrected chi connectivity index (χ4v) is 3.11. The van der Waals surface area contributed by atoms with Gasteiger partial charge >= 0.3 is 0 Å². The molecule has 0 spiro atoms. The van der Waals surface area contributed by atoms with Crippen LogP contribution in [-0.4, -0.2) is 11.2 Å². The Labute approximate surface area is 113 Å². The van der Waals surface area contributed by atoms with Crippen LogP contribution in [0.4, 0.5) is 4.39 Å². The SMILES string of the molecule is CCC1CCC(O)C(Cc2cc(F)ccc2Cl)C1. The molecule has 0 amide bonds. The molecule has 1 aromatic carbocycles. The standard InChI is InChI=1S/C15H20ClFO/c1-2-10-3-6-15(18)12(7-10)8-11-9-13(17)4-5-14(11)16/h4-5,9-10,12,15,18H,2-3,6-8H2,1H3. The normalized spacial score (nSPS) is 28.3. The van der Waals surface area contributed by atoms with Crippen molar-refractivity contribution in [2.75, 3.05) is 0 Å². The van der Waals surface area contributed by atoms with Gasteiger partial charge in [0, 0.05) is 5.02 Å². The zero-order valence-corrected chi connectivity index (χ0v) is 11.5. The van der Waals surface area contributed by atoms with Gasteiger partial charge < -0.3 is 5.11 Å². The summed E-state index contributed by atoms with van der Waals surface area (Å²) in [5.41, 5.74) is 0.817. The number of aliphatic hydroxyl groups is 1. The lowest BCUT2D eigenvalue weighted by Crippen LogP contribution is -2.30. The van der Waals surface area contributed by atoms with E-state index in [0.717, 1.165) is 31.2 Å². The van der Waals surface area contributed by atoms with E-state index in [1.807, 2.05) is 0 Å². The molecule has 18 heavy (non-hydrogen) atoms. The van der Waals surface area contributed by atoms with Crippen molar-refractivity contribution >= 4 is 11.6 Å². The second-order valence-electron chi connectivity index (χ2n) is 5.35. The Morgan fingerprint density at radius 1 is 1.39 bits per heavy atom. The summed E-state index contributed by atoms with van der Waals surface area (Å²) in [6.07, 6.45) is 4.53. The molecule has 1 fully saturated rings. The van der Waals surface area contributed by atoms with E-state index in [1.165, 1.54) is 12.1 Å². The fourth-order valence-electron chi connectivity index (χ4n) is 2.92. The van der Waals surface area contributed by atoms with Gasteiger partial charge in [-0.25, -0.2) is 4.39 Å². The first-order valence-electron chi connectivity index (χ1n) is 6.72. The highest BCUT2D eigenvalue weighted by Gasteiger charge is 2.28. The van der Waals surface area contributed by atoms with Crippen LogP contribution in [0.25, 0.3) is 0 Å². The van der Waals surface area contributed by atoms with Crippen LogP contribution in [0.15, 0.2) is 18.2 Å². The van der Waals surface area contributed by atoms with Gasteiger partial charge in [0.05, 0.1) is 6.10 Å². The molecule has 1 aromatic rings. The van der Waals surface area contributed by atoms with Crippen molar-refractivity contribution in [1.82, 2.24) is 0 Å². The Bertz CT molecular complexity index is 407. The Balaban J connectivity index is 2.09. The average molecular weight is 271 g/mol. The summed E-state index contributed by atoms with van der Waals surface area (Å²) in [5.74, 6) is 0.639. The van der Waals surface area contributed by atoms with Gasteiger partial charge in [0.2, 0.25) is 0 Å². The summed E-state index contributed by atoms with van der Waals surface area (Å²) in [7, 11) is 0. The monoisotopic (exact) mass is 270 g/mol. The lowest BCUT2D eigenvalue weighted by atomic mass is 9.76. The highest BCUT2D eigenvalue weighted by molar-refractivity contribution is 6.31. The second kappa shape index (κ2) is 6.03. The van der Waals surface area contributed by atoms with Crippen LogP contribution in [0.5, 0.6) is 0 Å². The zero-order chi connectivity index (χ0) is 13.1. The van der Waals surface area contributed by atoms with Gasteiger partial charge in [0.15, 0.2) is 0 Å². The predicted octanol–water partition coefficient (Wildman–Crippen LogP) is 4.21. The fraction of sp³-hybridized carbons (Fsp3) is 0.600. The van der Waals surface area contributed by atoms with Gasteiger partial charge in [-0.15, -0.1) is 0 Å². The van der Waals surface area contributed by atoms with Gasteiger partial charge in [-0.1, -0.05) is 24.9 Å². The quantitative estimate of drug-likeness (QED) is 0.872. The lowest BCUT2D eigenvalue weighted by Gasteiger charge is -2.33. The van der Waals surface area contributed by atoms with Crippen molar-refractivity contribution in [3.63, 3.8) is 0 Å². The molecule has 1 aliphatic rings. The van der Waals surface area contributed by atoms with E-state index in [2.05, 4.69) is 6.92 Å². The molecule has 0 heterocycles. The minimum absolute atomic E-state index is 0.211. The summed E-state index contributed by atoms with van der Waals surface area (Å²) < 4.78 is 13.2. The molecular weight excluding hydrogens is 251 g/mol. The maximum Gasteiger partial charge on any atom is 0.123 e. The molecule has 1 N–H and O–H groups in total. The van der Waals surface area contributed by atoms with Crippen molar-refractivity contribution in [2.45, 2.75) is 45.1 Å². The van der Waals surface area contributed by atoms with Crippen LogP contribution in [0, 0.1) is 17.7 Å². The number of aliphatic hydroxyl groups excluding tert-OH is 1. The third-order valence-electron chi connectivity index (χ3n) is 4.12. The first kappa shape index (κ1) is 13.8. The lowest BCUT2D eigenvalue weighted by molar-refractivity contribution is 0.0475. The van der Waals surface area contributed by atoms with E-state index in [4.69, 9.17) is 11.6 Å². The van der Waals surface area contributed by atoms with E-state index >= 15 is 0 Å². The Kier molecular flexibility index (Phi) is 4.63. The van der Waals surface area contributed by atoms with Crippen LogP contribution in [0.2, 0.25) is 5.02 Å². The third kappa shape index (κ3) is 3.24. The molecule has 3 heteroatoms. The highest BCUT2D eigenvalue weighted by atomic mass is 35.5. The zero-order valence-electron chi connectivity index (χ0n) is 10.7. The molecule has 0 saturated heterocycles. The summed E-state index contributed by atoms with van der Waals surface area (Å²) in [6, 6.07) is 4.46.